The number of carbonyl (C=O) groups excluding carboxylic acids is 2. The summed E-state index contributed by atoms with van der Waals surface area (Å²) in [5, 5.41) is 0. The predicted octanol–water partition coefficient (Wildman–Crippen LogP) is 3.57. The van der Waals surface area contributed by atoms with Crippen LogP contribution in [0.25, 0.3) is 6.08 Å². The molecule has 0 aromatic heterocycles. The van der Waals surface area contributed by atoms with Crippen LogP contribution in [-0.4, -0.2) is 26.0 Å². The molecule has 0 amide bonds. The molecule has 1 heterocycles. The number of methoxy groups -OCH3 is 2. The van der Waals surface area contributed by atoms with E-state index >= 15 is 0 Å². The van der Waals surface area contributed by atoms with E-state index in [0.717, 1.165) is 17.0 Å². The van der Waals surface area contributed by atoms with Crippen molar-refractivity contribution in [2.24, 2.45) is 0 Å². The van der Waals surface area contributed by atoms with E-state index in [-0.39, 0.29) is 11.4 Å². The van der Waals surface area contributed by atoms with Crippen molar-refractivity contribution < 1.29 is 19.1 Å². The number of carbonyl (C=O) groups is 2. The summed E-state index contributed by atoms with van der Waals surface area (Å²) >= 11 is 0. The van der Waals surface area contributed by atoms with Gasteiger partial charge in [0.15, 0.2) is 0 Å². The van der Waals surface area contributed by atoms with Crippen LogP contribution >= 0.6 is 0 Å². The molecule has 5 nitrogen and oxygen atoms in total. The maximum absolute atomic E-state index is 12.9. The number of ketones is 1. The maximum Gasteiger partial charge on any atom is 0.343 e. The van der Waals surface area contributed by atoms with E-state index in [1.165, 1.54) is 7.11 Å². The molecule has 1 aliphatic rings. The van der Waals surface area contributed by atoms with Gasteiger partial charge in [0.25, 0.3) is 0 Å². The van der Waals surface area contributed by atoms with Gasteiger partial charge in [-0.2, -0.15) is 0 Å². The highest BCUT2D eigenvalue weighted by Gasteiger charge is 2.38. The van der Waals surface area contributed by atoms with Crippen molar-refractivity contribution in [1.82, 2.24) is 0 Å². The highest BCUT2D eigenvalue weighted by Crippen LogP contribution is 2.35. The van der Waals surface area contributed by atoms with E-state index < -0.39 is 5.97 Å². The lowest BCUT2D eigenvalue weighted by Gasteiger charge is -2.21. The average molecular weight is 349 g/mol. The van der Waals surface area contributed by atoms with Gasteiger partial charge in [-0.05, 0) is 42.8 Å². The van der Waals surface area contributed by atoms with E-state index in [1.54, 1.807) is 25.0 Å². The van der Waals surface area contributed by atoms with Gasteiger partial charge in [-0.3, -0.25) is 4.79 Å². The third kappa shape index (κ3) is 3.11. The monoisotopic (exact) mass is 349 g/mol. The highest BCUT2D eigenvalue weighted by molar-refractivity contribution is 6.30. The van der Waals surface area contributed by atoms with Crippen molar-refractivity contribution in [1.29, 1.82) is 0 Å². The third-order valence-electron chi connectivity index (χ3n) is 4.22. The Labute approximate surface area is 152 Å². The summed E-state index contributed by atoms with van der Waals surface area (Å²) in [7, 11) is 2.87. The Morgan fingerprint density at radius 2 is 1.65 bits per heavy atom. The largest absolute Gasteiger partial charge is 0.497 e. The number of hydrogen-bond donors (Lipinski definition) is 0. The Balaban J connectivity index is 2.11. The highest BCUT2D eigenvalue weighted by atomic mass is 16.5. The van der Waals surface area contributed by atoms with Crippen LogP contribution in [-0.2, 0) is 14.3 Å². The number of Topliss-reactive ketones (excluding diaryl/α,β-unsaturated/α-hetero) is 1. The summed E-state index contributed by atoms with van der Waals surface area (Å²) in [6.45, 7) is 1.74. The molecule has 0 saturated heterocycles. The second-order valence-corrected chi connectivity index (χ2v) is 5.75. The zero-order valence-electron chi connectivity index (χ0n) is 14.9. The van der Waals surface area contributed by atoms with Crippen LogP contribution in [0.1, 0.15) is 12.5 Å². The molecule has 0 N–H and O–H groups in total. The van der Waals surface area contributed by atoms with Crippen LogP contribution in [0.5, 0.6) is 5.75 Å². The number of rotatable bonds is 4. The summed E-state index contributed by atoms with van der Waals surface area (Å²) < 4.78 is 9.96. The Bertz CT molecular complexity index is 895. The molecule has 0 radical (unpaired) electrons. The molecule has 26 heavy (non-hydrogen) atoms. The standard InChI is InChI=1S/C21H19NO4/c1-14-19(21(24)26-3)20(23)18(22(14)16-7-5-4-6-8-16)13-15-9-11-17(25-2)12-10-15/h4-13H,1-3H3. The Morgan fingerprint density at radius 1 is 1.00 bits per heavy atom. The first kappa shape index (κ1) is 17.5. The Hall–Kier alpha value is -3.34. The molecule has 132 valence electrons. The van der Waals surface area contributed by atoms with Crippen LogP contribution in [0, 0.1) is 0 Å². The van der Waals surface area contributed by atoms with E-state index in [9.17, 15) is 9.59 Å². The van der Waals surface area contributed by atoms with Crippen molar-refractivity contribution in [2.45, 2.75) is 6.92 Å². The lowest BCUT2D eigenvalue weighted by atomic mass is 10.1. The molecule has 2 aromatic carbocycles. The summed E-state index contributed by atoms with van der Waals surface area (Å²) in [4.78, 5) is 26.8. The molecular weight excluding hydrogens is 330 g/mol. The molecule has 0 spiro atoms. The second kappa shape index (κ2) is 7.27. The molecule has 2 aromatic rings. The molecule has 0 fully saturated rings. The first-order valence-electron chi connectivity index (χ1n) is 8.11. The number of anilines is 1. The molecule has 0 aliphatic carbocycles. The molecule has 1 aliphatic heterocycles. The van der Waals surface area contributed by atoms with Crippen molar-refractivity contribution in [3.05, 3.63) is 77.1 Å². The fraction of sp³-hybridized carbons (Fsp3) is 0.143. The molecule has 5 heteroatoms. The lowest BCUT2D eigenvalue weighted by molar-refractivity contribution is -0.137. The molecule has 0 bridgehead atoms. The summed E-state index contributed by atoms with van der Waals surface area (Å²) in [5.74, 6) is -0.255. The first-order valence-corrected chi connectivity index (χ1v) is 8.11. The van der Waals surface area contributed by atoms with Gasteiger partial charge in [0, 0.05) is 11.4 Å². The van der Waals surface area contributed by atoms with Crippen LogP contribution < -0.4 is 9.64 Å². The van der Waals surface area contributed by atoms with E-state index in [4.69, 9.17) is 9.47 Å². The van der Waals surface area contributed by atoms with Gasteiger partial charge in [-0.1, -0.05) is 30.3 Å². The van der Waals surface area contributed by atoms with E-state index in [0.29, 0.717) is 11.4 Å². The SMILES string of the molecule is COC(=O)C1=C(C)N(c2ccccc2)C(=Cc2ccc(OC)cc2)C1=O. The normalized spacial score (nSPS) is 15.6. The third-order valence-corrected chi connectivity index (χ3v) is 4.22. The summed E-state index contributed by atoms with van der Waals surface area (Å²) in [6, 6.07) is 16.8. The van der Waals surface area contributed by atoms with Crippen LogP contribution in [0.2, 0.25) is 0 Å². The van der Waals surface area contributed by atoms with Crippen LogP contribution in [0.3, 0.4) is 0 Å². The Morgan fingerprint density at radius 3 is 2.23 bits per heavy atom. The van der Waals surface area contributed by atoms with E-state index in [1.807, 2.05) is 54.6 Å². The number of esters is 1. The number of hydrogen-bond acceptors (Lipinski definition) is 5. The van der Waals surface area contributed by atoms with Crippen molar-refractivity contribution in [3.63, 3.8) is 0 Å². The fourth-order valence-corrected chi connectivity index (χ4v) is 2.93. The van der Waals surface area contributed by atoms with Gasteiger partial charge in [-0.15, -0.1) is 0 Å². The second-order valence-electron chi connectivity index (χ2n) is 5.75. The summed E-state index contributed by atoms with van der Waals surface area (Å²) in [5.41, 5.74) is 2.63. The van der Waals surface area contributed by atoms with E-state index in [2.05, 4.69) is 0 Å². The maximum atomic E-state index is 12.9. The zero-order chi connectivity index (χ0) is 18.7. The number of para-hydroxylation sites is 1. The number of benzene rings is 2. The van der Waals surface area contributed by atoms with Crippen LogP contribution in [0.4, 0.5) is 5.69 Å². The molecule has 0 atom stereocenters. The quantitative estimate of drug-likeness (QED) is 0.480. The van der Waals surface area contributed by atoms with Gasteiger partial charge in [0.1, 0.15) is 11.3 Å². The van der Waals surface area contributed by atoms with Crippen molar-refractivity contribution >= 4 is 23.5 Å². The number of ether oxygens (including phenoxy) is 2. The van der Waals surface area contributed by atoms with Crippen molar-refractivity contribution in [3.8, 4) is 5.75 Å². The fourth-order valence-electron chi connectivity index (χ4n) is 2.93. The number of allylic oxidation sites excluding steroid dienone is 2. The minimum atomic E-state index is -0.633. The summed E-state index contributed by atoms with van der Waals surface area (Å²) in [6.07, 6.45) is 1.76. The lowest BCUT2D eigenvalue weighted by Crippen LogP contribution is -2.18. The average Bonchev–Trinajstić information content (AvgIpc) is 2.92. The molecule has 0 unspecified atom stereocenters. The number of nitrogens with zero attached hydrogens (tertiary/aromatic N) is 1. The Kier molecular flexibility index (Phi) is 4.89. The topological polar surface area (TPSA) is 55.8 Å². The minimum absolute atomic E-state index is 0.0520. The van der Waals surface area contributed by atoms with Crippen LogP contribution in [0.15, 0.2) is 71.6 Å². The van der Waals surface area contributed by atoms with Gasteiger partial charge >= 0.3 is 5.97 Å². The molecule has 0 saturated carbocycles. The predicted molar refractivity (Wildman–Crippen MR) is 99.6 cm³/mol. The van der Waals surface area contributed by atoms with Crippen molar-refractivity contribution in [2.75, 3.05) is 19.1 Å². The first-order chi connectivity index (χ1) is 12.6. The van der Waals surface area contributed by atoms with Gasteiger partial charge in [0.2, 0.25) is 5.78 Å². The molecular formula is C21H19NO4. The smallest absolute Gasteiger partial charge is 0.343 e. The van der Waals surface area contributed by atoms with Gasteiger partial charge < -0.3 is 14.4 Å². The minimum Gasteiger partial charge on any atom is -0.497 e. The molecule has 3 rings (SSSR count). The van der Waals surface area contributed by atoms with Gasteiger partial charge in [-0.25, -0.2) is 4.79 Å². The zero-order valence-corrected chi connectivity index (χ0v) is 14.9. The van der Waals surface area contributed by atoms with Gasteiger partial charge in [0.05, 0.1) is 19.9 Å².